The molecule has 7 heteroatoms. The Morgan fingerprint density at radius 1 is 1.07 bits per heavy atom. The molecule has 0 atom stereocenters. The first-order valence-electron chi connectivity index (χ1n) is 9.88. The standard InChI is InChI=1S/C22H20FN5O/c23-15-2-3-19-17(10-15)18-12-27(6-5-20(18)25-19)16-9-14-1-4-21(26-22(14)24-11-16)28-7-8-29-13-28/h1-4,9-11,25H,5-8,12-13H2. The second kappa shape index (κ2) is 6.42. The van der Waals surface area contributed by atoms with Crippen LogP contribution in [0, 0.1) is 5.82 Å². The van der Waals surface area contributed by atoms with Gasteiger partial charge in [-0.2, -0.15) is 0 Å². The van der Waals surface area contributed by atoms with Crippen LogP contribution in [-0.2, 0) is 17.7 Å². The lowest BCUT2D eigenvalue weighted by Crippen LogP contribution is -2.30. The molecule has 2 aliphatic heterocycles. The molecule has 1 fully saturated rings. The maximum absolute atomic E-state index is 13.8. The lowest BCUT2D eigenvalue weighted by atomic mass is 10.0. The second-order valence-corrected chi connectivity index (χ2v) is 7.65. The molecule has 0 radical (unpaired) electrons. The number of rotatable bonds is 2. The van der Waals surface area contributed by atoms with Gasteiger partial charge in [-0.3, -0.25) is 0 Å². The monoisotopic (exact) mass is 389 g/mol. The van der Waals surface area contributed by atoms with Crippen molar-refractivity contribution in [3.63, 3.8) is 0 Å². The van der Waals surface area contributed by atoms with Crippen molar-refractivity contribution in [1.29, 1.82) is 0 Å². The summed E-state index contributed by atoms with van der Waals surface area (Å²) in [5.41, 5.74) is 5.18. The summed E-state index contributed by atoms with van der Waals surface area (Å²) in [6.07, 6.45) is 2.79. The van der Waals surface area contributed by atoms with Crippen LogP contribution in [0.4, 0.5) is 15.9 Å². The van der Waals surface area contributed by atoms with Crippen LogP contribution in [0.2, 0.25) is 0 Å². The summed E-state index contributed by atoms with van der Waals surface area (Å²) in [4.78, 5) is 17.2. The van der Waals surface area contributed by atoms with E-state index in [9.17, 15) is 4.39 Å². The van der Waals surface area contributed by atoms with Crippen LogP contribution in [-0.4, -0.2) is 41.4 Å². The Morgan fingerprint density at radius 2 is 2.03 bits per heavy atom. The van der Waals surface area contributed by atoms with Gasteiger partial charge in [-0.05, 0) is 36.4 Å². The number of hydrogen-bond acceptors (Lipinski definition) is 5. The van der Waals surface area contributed by atoms with Gasteiger partial charge in [0.2, 0.25) is 0 Å². The van der Waals surface area contributed by atoms with Gasteiger partial charge in [-0.25, -0.2) is 14.4 Å². The summed E-state index contributed by atoms with van der Waals surface area (Å²) in [6.45, 7) is 3.81. The van der Waals surface area contributed by atoms with Crippen molar-refractivity contribution < 1.29 is 9.13 Å². The van der Waals surface area contributed by atoms with Gasteiger partial charge in [0.25, 0.3) is 0 Å². The largest absolute Gasteiger partial charge is 0.365 e. The van der Waals surface area contributed by atoms with Gasteiger partial charge in [0.15, 0.2) is 5.65 Å². The van der Waals surface area contributed by atoms with Crippen molar-refractivity contribution in [2.45, 2.75) is 13.0 Å². The van der Waals surface area contributed by atoms with Gasteiger partial charge in [0.1, 0.15) is 18.4 Å². The number of H-pyrrole nitrogens is 1. The fraction of sp³-hybridized carbons (Fsp3) is 0.273. The predicted molar refractivity (Wildman–Crippen MR) is 111 cm³/mol. The number of ether oxygens (including phenoxy) is 1. The van der Waals surface area contributed by atoms with Crippen LogP contribution < -0.4 is 9.80 Å². The SMILES string of the molecule is Fc1ccc2[nH]c3c(c2c1)CN(c1cnc2nc(N4CCOC4)ccc2c1)CC3. The fourth-order valence-corrected chi connectivity index (χ4v) is 4.34. The van der Waals surface area contributed by atoms with Crippen molar-refractivity contribution in [2.24, 2.45) is 0 Å². The predicted octanol–water partition coefficient (Wildman–Crippen LogP) is 3.61. The molecule has 1 aromatic carbocycles. The Balaban J connectivity index is 1.33. The molecule has 6 rings (SSSR count). The molecule has 3 aromatic heterocycles. The average molecular weight is 389 g/mol. The van der Waals surface area contributed by atoms with Crippen molar-refractivity contribution in [3.05, 3.63) is 59.7 Å². The highest BCUT2D eigenvalue weighted by atomic mass is 19.1. The summed E-state index contributed by atoms with van der Waals surface area (Å²) in [5, 5.41) is 1.99. The minimum atomic E-state index is -0.200. The Bertz CT molecular complexity index is 1230. The van der Waals surface area contributed by atoms with E-state index in [0.29, 0.717) is 6.73 Å². The molecule has 1 saturated heterocycles. The minimum absolute atomic E-state index is 0.200. The van der Waals surface area contributed by atoms with Gasteiger partial charge < -0.3 is 19.5 Å². The van der Waals surface area contributed by atoms with E-state index in [1.165, 1.54) is 17.3 Å². The molecule has 29 heavy (non-hydrogen) atoms. The van der Waals surface area contributed by atoms with Crippen molar-refractivity contribution in [1.82, 2.24) is 15.0 Å². The van der Waals surface area contributed by atoms with Crippen molar-refractivity contribution >= 4 is 33.4 Å². The molecule has 0 saturated carbocycles. The fourth-order valence-electron chi connectivity index (χ4n) is 4.34. The molecule has 1 N–H and O–H groups in total. The Hall–Kier alpha value is -3.19. The summed E-state index contributed by atoms with van der Waals surface area (Å²) in [6, 6.07) is 11.2. The minimum Gasteiger partial charge on any atom is -0.365 e. The topological polar surface area (TPSA) is 57.3 Å². The van der Waals surface area contributed by atoms with E-state index in [-0.39, 0.29) is 5.82 Å². The first kappa shape index (κ1) is 16.7. The highest BCUT2D eigenvalue weighted by Gasteiger charge is 2.22. The smallest absolute Gasteiger partial charge is 0.161 e. The zero-order valence-corrected chi connectivity index (χ0v) is 15.9. The third kappa shape index (κ3) is 2.81. The zero-order valence-electron chi connectivity index (χ0n) is 15.9. The summed E-state index contributed by atoms with van der Waals surface area (Å²) < 4.78 is 19.2. The third-order valence-corrected chi connectivity index (χ3v) is 5.89. The molecule has 0 bridgehead atoms. The van der Waals surface area contributed by atoms with Crippen molar-refractivity contribution in [2.75, 3.05) is 36.2 Å². The number of pyridine rings is 2. The van der Waals surface area contributed by atoms with E-state index in [1.807, 2.05) is 18.3 Å². The number of anilines is 2. The van der Waals surface area contributed by atoms with E-state index in [0.717, 1.165) is 66.1 Å². The third-order valence-electron chi connectivity index (χ3n) is 5.89. The maximum atomic E-state index is 13.8. The number of hydrogen-bond donors (Lipinski definition) is 1. The number of nitrogens with zero attached hydrogens (tertiary/aromatic N) is 4. The first-order chi connectivity index (χ1) is 14.2. The molecule has 5 heterocycles. The van der Waals surface area contributed by atoms with Crippen LogP contribution >= 0.6 is 0 Å². The quantitative estimate of drug-likeness (QED) is 0.568. The molecular weight excluding hydrogens is 369 g/mol. The lowest BCUT2D eigenvalue weighted by Gasteiger charge is -2.29. The van der Waals surface area contributed by atoms with E-state index >= 15 is 0 Å². The van der Waals surface area contributed by atoms with Crippen LogP contribution in [0.25, 0.3) is 21.9 Å². The number of fused-ring (bicyclic) bond motifs is 4. The molecule has 0 aliphatic carbocycles. The van der Waals surface area contributed by atoms with E-state index < -0.39 is 0 Å². The summed E-state index contributed by atoms with van der Waals surface area (Å²) >= 11 is 0. The Kier molecular flexibility index (Phi) is 3.70. The molecule has 146 valence electrons. The lowest BCUT2D eigenvalue weighted by molar-refractivity contribution is 0.201. The number of benzene rings is 1. The summed E-state index contributed by atoms with van der Waals surface area (Å²) in [7, 11) is 0. The van der Waals surface area contributed by atoms with Crippen LogP contribution in [0.1, 0.15) is 11.3 Å². The van der Waals surface area contributed by atoms with Gasteiger partial charge in [0.05, 0.1) is 18.5 Å². The molecule has 0 unspecified atom stereocenters. The van der Waals surface area contributed by atoms with E-state index in [2.05, 4.69) is 31.9 Å². The number of halogens is 1. The van der Waals surface area contributed by atoms with Crippen molar-refractivity contribution in [3.8, 4) is 0 Å². The van der Waals surface area contributed by atoms with E-state index in [1.54, 1.807) is 6.07 Å². The van der Waals surface area contributed by atoms with Gasteiger partial charge in [-0.1, -0.05) is 0 Å². The maximum Gasteiger partial charge on any atom is 0.161 e. The Morgan fingerprint density at radius 3 is 2.93 bits per heavy atom. The molecule has 6 nitrogen and oxygen atoms in total. The Labute approximate surface area is 166 Å². The molecule has 0 amide bonds. The first-order valence-corrected chi connectivity index (χ1v) is 9.88. The molecule has 2 aliphatic rings. The molecular formula is C22H20FN5O. The zero-order chi connectivity index (χ0) is 19.4. The van der Waals surface area contributed by atoms with Gasteiger partial charge in [-0.15, -0.1) is 0 Å². The highest BCUT2D eigenvalue weighted by molar-refractivity contribution is 5.86. The molecule has 4 aromatic rings. The highest BCUT2D eigenvalue weighted by Crippen LogP contribution is 2.31. The van der Waals surface area contributed by atoms with E-state index in [4.69, 9.17) is 9.72 Å². The number of aromatic nitrogens is 3. The van der Waals surface area contributed by atoms with Gasteiger partial charge >= 0.3 is 0 Å². The van der Waals surface area contributed by atoms with Crippen LogP contribution in [0.5, 0.6) is 0 Å². The normalized spacial score (nSPS) is 16.7. The second-order valence-electron chi connectivity index (χ2n) is 7.65. The number of aromatic amines is 1. The number of nitrogens with one attached hydrogen (secondary N) is 1. The average Bonchev–Trinajstić information content (AvgIpc) is 3.41. The molecule has 0 spiro atoms. The van der Waals surface area contributed by atoms with Crippen LogP contribution in [0.15, 0.2) is 42.6 Å². The van der Waals surface area contributed by atoms with Gasteiger partial charge in [0, 0.05) is 53.6 Å². The summed E-state index contributed by atoms with van der Waals surface area (Å²) in [5.74, 6) is 0.702. The van der Waals surface area contributed by atoms with Crippen LogP contribution in [0.3, 0.4) is 0 Å².